The van der Waals surface area contributed by atoms with Gasteiger partial charge in [0.15, 0.2) is 0 Å². The van der Waals surface area contributed by atoms with Crippen molar-refractivity contribution in [3.05, 3.63) is 38.9 Å². The summed E-state index contributed by atoms with van der Waals surface area (Å²) in [6, 6.07) is 4.72. The third-order valence-corrected chi connectivity index (χ3v) is 3.41. The van der Waals surface area contributed by atoms with Crippen LogP contribution in [0.3, 0.4) is 0 Å². The molecule has 0 radical (unpaired) electrons. The number of nitro benzene ring substituents is 1. The Morgan fingerprint density at radius 3 is 2.80 bits per heavy atom. The van der Waals surface area contributed by atoms with Crippen molar-refractivity contribution in [1.29, 1.82) is 0 Å². The minimum Gasteiger partial charge on any atom is -0.355 e. The lowest BCUT2D eigenvalue weighted by Crippen LogP contribution is -2.32. The fourth-order valence-electron chi connectivity index (χ4n) is 1.80. The molecule has 1 amide bonds. The van der Waals surface area contributed by atoms with Crippen LogP contribution in [0, 0.1) is 16.0 Å². The van der Waals surface area contributed by atoms with Crippen molar-refractivity contribution in [3.8, 4) is 0 Å². The van der Waals surface area contributed by atoms with E-state index in [0.29, 0.717) is 19.6 Å². The van der Waals surface area contributed by atoms with Gasteiger partial charge in [-0.2, -0.15) is 0 Å². The molecule has 0 bridgehead atoms. The first-order valence-electron chi connectivity index (χ1n) is 6.49. The Morgan fingerprint density at radius 2 is 2.15 bits per heavy atom. The number of nitro groups is 1. The largest absolute Gasteiger partial charge is 0.355 e. The molecule has 0 heterocycles. The maximum atomic E-state index is 11.4. The van der Waals surface area contributed by atoms with E-state index in [1.807, 2.05) is 0 Å². The quantitative estimate of drug-likeness (QED) is 0.457. The van der Waals surface area contributed by atoms with Crippen LogP contribution in [0.2, 0.25) is 5.02 Å². The third-order valence-electron chi connectivity index (χ3n) is 3.09. The molecule has 0 saturated heterocycles. The van der Waals surface area contributed by atoms with Gasteiger partial charge in [0.25, 0.3) is 5.69 Å². The van der Waals surface area contributed by atoms with Crippen LogP contribution < -0.4 is 10.6 Å². The van der Waals surface area contributed by atoms with E-state index in [2.05, 4.69) is 10.6 Å². The topological polar surface area (TPSA) is 84.3 Å². The van der Waals surface area contributed by atoms with Crippen molar-refractivity contribution >= 4 is 23.2 Å². The lowest BCUT2D eigenvalue weighted by molar-refractivity contribution is -0.384. The normalized spacial score (nSPS) is 14.1. The summed E-state index contributed by atoms with van der Waals surface area (Å²) in [6.07, 6.45) is 1.99. The third kappa shape index (κ3) is 4.18. The second-order valence-corrected chi connectivity index (χ2v) is 5.19. The van der Waals surface area contributed by atoms with E-state index in [1.165, 1.54) is 12.1 Å². The summed E-state index contributed by atoms with van der Waals surface area (Å²) in [5.41, 5.74) is 0.697. The highest BCUT2D eigenvalue weighted by Gasteiger charge is 2.28. The number of hydrogen-bond donors (Lipinski definition) is 2. The molecule has 6 nitrogen and oxygen atoms in total. The second-order valence-electron chi connectivity index (χ2n) is 4.78. The molecule has 0 atom stereocenters. The van der Waals surface area contributed by atoms with E-state index < -0.39 is 4.92 Å². The minimum atomic E-state index is -0.498. The number of rotatable bonds is 7. The summed E-state index contributed by atoms with van der Waals surface area (Å²) in [5, 5.41) is 16.8. The van der Waals surface area contributed by atoms with Gasteiger partial charge in [0.1, 0.15) is 5.02 Å². The van der Waals surface area contributed by atoms with E-state index in [-0.39, 0.29) is 22.5 Å². The van der Waals surface area contributed by atoms with E-state index >= 15 is 0 Å². The average molecular weight is 298 g/mol. The van der Waals surface area contributed by atoms with Crippen molar-refractivity contribution in [2.24, 2.45) is 5.92 Å². The van der Waals surface area contributed by atoms with Crippen LogP contribution in [0.4, 0.5) is 5.69 Å². The van der Waals surface area contributed by atoms with Gasteiger partial charge in [-0.1, -0.05) is 17.7 Å². The molecule has 1 aromatic carbocycles. The highest BCUT2D eigenvalue weighted by molar-refractivity contribution is 6.32. The van der Waals surface area contributed by atoms with Crippen molar-refractivity contribution in [2.45, 2.75) is 19.4 Å². The van der Waals surface area contributed by atoms with Crippen molar-refractivity contribution in [2.75, 3.05) is 13.1 Å². The Kier molecular flexibility index (Phi) is 4.92. The highest BCUT2D eigenvalue weighted by Crippen LogP contribution is 2.28. The molecule has 0 aromatic heterocycles. The summed E-state index contributed by atoms with van der Waals surface area (Å²) < 4.78 is 0. The van der Waals surface area contributed by atoms with Gasteiger partial charge in [-0.15, -0.1) is 0 Å². The molecule has 2 N–H and O–H groups in total. The average Bonchev–Trinajstić information content (AvgIpc) is 3.24. The summed E-state index contributed by atoms with van der Waals surface area (Å²) in [5.74, 6) is 0.336. The summed E-state index contributed by atoms with van der Waals surface area (Å²) in [7, 11) is 0. The lowest BCUT2D eigenvalue weighted by Gasteiger charge is -2.07. The van der Waals surface area contributed by atoms with Gasteiger partial charge in [0.2, 0.25) is 5.91 Å². The fourth-order valence-corrected chi connectivity index (χ4v) is 1.99. The van der Waals surface area contributed by atoms with Crippen molar-refractivity contribution in [3.63, 3.8) is 0 Å². The first-order chi connectivity index (χ1) is 9.58. The second kappa shape index (κ2) is 6.67. The van der Waals surface area contributed by atoms with Crippen molar-refractivity contribution in [1.82, 2.24) is 10.6 Å². The van der Waals surface area contributed by atoms with Crippen LogP contribution in [-0.4, -0.2) is 23.9 Å². The Morgan fingerprint density at radius 1 is 1.40 bits per heavy atom. The zero-order valence-corrected chi connectivity index (χ0v) is 11.7. The van der Waals surface area contributed by atoms with Crippen LogP contribution >= 0.6 is 11.6 Å². The Labute approximate surface area is 121 Å². The molecule has 108 valence electrons. The zero-order valence-electron chi connectivity index (χ0n) is 10.9. The Bertz CT molecular complexity index is 518. The predicted octanol–water partition coefficient (Wildman–Crippen LogP) is 1.86. The molecular formula is C13H16ClN3O3. The Balaban J connectivity index is 1.72. The standard InChI is InChI=1S/C13H16ClN3O3/c14-11-4-1-9(7-12(11)17(19)20)8-15-5-6-16-13(18)10-2-3-10/h1,4,7,10,15H,2-3,5-6,8H2,(H,16,18). The number of nitrogens with one attached hydrogen (secondary N) is 2. The molecule has 1 aromatic rings. The molecule has 1 saturated carbocycles. The minimum absolute atomic E-state index is 0.0898. The molecule has 7 heteroatoms. The number of hydrogen-bond acceptors (Lipinski definition) is 4. The molecule has 1 aliphatic carbocycles. The predicted molar refractivity (Wildman–Crippen MR) is 75.5 cm³/mol. The molecule has 2 rings (SSSR count). The fraction of sp³-hybridized carbons (Fsp3) is 0.462. The van der Waals surface area contributed by atoms with Crippen molar-refractivity contribution < 1.29 is 9.72 Å². The maximum Gasteiger partial charge on any atom is 0.288 e. The van der Waals surface area contributed by atoms with E-state index in [4.69, 9.17) is 11.6 Å². The van der Waals surface area contributed by atoms with E-state index in [0.717, 1.165) is 18.4 Å². The first kappa shape index (κ1) is 14.7. The van der Waals surface area contributed by atoms with Gasteiger partial charge in [-0.05, 0) is 24.5 Å². The van der Waals surface area contributed by atoms with Gasteiger partial charge in [-0.3, -0.25) is 14.9 Å². The number of carbonyl (C=O) groups excluding carboxylic acids is 1. The van der Waals surface area contributed by atoms with Gasteiger partial charge < -0.3 is 10.6 Å². The van der Waals surface area contributed by atoms with Gasteiger partial charge >= 0.3 is 0 Å². The monoisotopic (exact) mass is 297 g/mol. The van der Waals surface area contributed by atoms with Gasteiger partial charge in [0, 0.05) is 31.6 Å². The van der Waals surface area contributed by atoms with Crippen LogP contribution in [0.1, 0.15) is 18.4 Å². The van der Waals surface area contributed by atoms with Crippen LogP contribution in [-0.2, 0) is 11.3 Å². The molecule has 0 aliphatic heterocycles. The first-order valence-corrected chi connectivity index (χ1v) is 6.87. The maximum absolute atomic E-state index is 11.4. The summed E-state index contributed by atoms with van der Waals surface area (Å²) in [6.45, 7) is 1.68. The molecule has 1 aliphatic rings. The number of nitrogens with zero attached hydrogens (tertiary/aromatic N) is 1. The summed E-state index contributed by atoms with van der Waals surface area (Å²) in [4.78, 5) is 21.6. The SMILES string of the molecule is O=C(NCCNCc1ccc(Cl)c([N+](=O)[O-])c1)C1CC1. The molecule has 0 unspecified atom stereocenters. The zero-order chi connectivity index (χ0) is 14.5. The number of amides is 1. The molecular weight excluding hydrogens is 282 g/mol. The number of carbonyl (C=O) groups is 1. The lowest BCUT2D eigenvalue weighted by atomic mass is 10.2. The highest BCUT2D eigenvalue weighted by atomic mass is 35.5. The van der Waals surface area contributed by atoms with E-state index in [9.17, 15) is 14.9 Å². The Hall–Kier alpha value is -1.66. The van der Waals surface area contributed by atoms with Crippen LogP contribution in [0.5, 0.6) is 0 Å². The number of benzene rings is 1. The smallest absolute Gasteiger partial charge is 0.288 e. The van der Waals surface area contributed by atoms with E-state index in [1.54, 1.807) is 6.07 Å². The molecule has 0 spiro atoms. The summed E-state index contributed by atoms with van der Waals surface area (Å²) >= 11 is 5.74. The molecule has 20 heavy (non-hydrogen) atoms. The van der Waals surface area contributed by atoms with Gasteiger partial charge in [-0.25, -0.2) is 0 Å². The van der Waals surface area contributed by atoms with Crippen LogP contribution in [0.15, 0.2) is 18.2 Å². The van der Waals surface area contributed by atoms with Crippen LogP contribution in [0.25, 0.3) is 0 Å². The molecule has 1 fully saturated rings. The van der Waals surface area contributed by atoms with Gasteiger partial charge in [0.05, 0.1) is 4.92 Å². The number of halogens is 1.